The molecule has 1 fully saturated rings. The number of rotatable bonds is 2. The lowest BCUT2D eigenvalue weighted by molar-refractivity contribution is -0.164. The largest absolute Gasteiger partial charge is 0.397 e. The van der Waals surface area contributed by atoms with Gasteiger partial charge in [-0.3, -0.25) is 4.79 Å². The van der Waals surface area contributed by atoms with Crippen molar-refractivity contribution in [2.75, 3.05) is 18.0 Å². The first kappa shape index (κ1) is 16.6. The molecule has 1 aromatic rings. The van der Waals surface area contributed by atoms with Crippen molar-refractivity contribution in [3.63, 3.8) is 0 Å². The van der Waals surface area contributed by atoms with Crippen molar-refractivity contribution in [3.8, 4) is 0 Å². The Bertz CT molecular complexity index is 518. The van der Waals surface area contributed by atoms with Gasteiger partial charge in [0.05, 0.1) is 0 Å². The van der Waals surface area contributed by atoms with Crippen LogP contribution in [0, 0.1) is 6.92 Å². The van der Waals surface area contributed by atoms with E-state index in [1.807, 2.05) is 24.0 Å². The highest BCUT2D eigenvalue weighted by Crippen LogP contribution is 2.26. The van der Waals surface area contributed by atoms with Crippen LogP contribution in [0.15, 0.2) is 18.3 Å². The summed E-state index contributed by atoms with van der Waals surface area (Å²) < 4.78 is 37.3. The van der Waals surface area contributed by atoms with Crippen molar-refractivity contribution in [3.05, 3.63) is 23.9 Å². The second-order valence-corrected chi connectivity index (χ2v) is 5.89. The molecule has 1 amide bonds. The second kappa shape index (κ2) is 6.14. The molecule has 0 aliphatic carbocycles. The Morgan fingerprint density at radius 1 is 1.27 bits per heavy atom. The monoisotopic (exact) mass is 315 g/mol. The quantitative estimate of drug-likeness (QED) is 0.842. The Hall–Kier alpha value is -1.79. The first-order valence-corrected chi connectivity index (χ1v) is 7.23. The van der Waals surface area contributed by atoms with Crippen LogP contribution in [0.3, 0.4) is 0 Å². The fourth-order valence-corrected chi connectivity index (χ4v) is 2.91. The zero-order valence-corrected chi connectivity index (χ0v) is 12.9. The molecule has 0 saturated carbocycles. The first-order valence-electron chi connectivity index (χ1n) is 7.23. The summed E-state index contributed by atoms with van der Waals surface area (Å²) >= 11 is 0. The van der Waals surface area contributed by atoms with Gasteiger partial charge >= 0.3 is 6.18 Å². The zero-order valence-electron chi connectivity index (χ0n) is 12.9. The van der Waals surface area contributed by atoms with Crippen LogP contribution in [0.25, 0.3) is 0 Å². The SMILES string of the molecule is Cc1ccc(N2C[C@@H](C)N(C(=O)CC(F)(F)F)[C@@H](C)C2)nc1. The number of aromatic nitrogens is 1. The topological polar surface area (TPSA) is 36.4 Å². The van der Waals surface area contributed by atoms with E-state index in [0.717, 1.165) is 11.4 Å². The third-order valence-electron chi connectivity index (χ3n) is 3.78. The fraction of sp³-hybridized carbons (Fsp3) is 0.600. The van der Waals surface area contributed by atoms with Crippen LogP contribution >= 0.6 is 0 Å². The van der Waals surface area contributed by atoms with Crippen molar-refractivity contribution in [1.29, 1.82) is 0 Å². The Morgan fingerprint density at radius 2 is 1.86 bits per heavy atom. The van der Waals surface area contributed by atoms with E-state index in [1.54, 1.807) is 20.0 Å². The Labute approximate surface area is 127 Å². The van der Waals surface area contributed by atoms with Crippen LogP contribution in [-0.4, -0.2) is 47.1 Å². The van der Waals surface area contributed by atoms with E-state index >= 15 is 0 Å². The van der Waals surface area contributed by atoms with Crippen molar-refractivity contribution in [2.24, 2.45) is 0 Å². The van der Waals surface area contributed by atoms with Gasteiger partial charge in [-0.2, -0.15) is 13.2 Å². The molecule has 7 heteroatoms. The summed E-state index contributed by atoms with van der Waals surface area (Å²) in [6, 6.07) is 3.25. The minimum absolute atomic E-state index is 0.290. The van der Waals surface area contributed by atoms with E-state index in [-0.39, 0.29) is 12.1 Å². The number of halogens is 3. The van der Waals surface area contributed by atoms with Crippen LogP contribution in [0.1, 0.15) is 25.8 Å². The van der Waals surface area contributed by atoms with Gasteiger partial charge in [0.1, 0.15) is 12.2 Å². The van der Waals surface area contributed by atoms with Crippen LogP contribution in [0.4, 0.5) is 19.0 Å². The van der Waals surface area contributed by atoms with E-state index in [0.29, 0.717) is 13.1 Å². The lowest BCUT2D eigenvalue weighted by Gasteiger charge is -2.45. The van der Waals surface area contributed by atoms with Gasteiger partial charge in [0.2, 0.25) is 5.91 Å². The standard InChI is InChI=1S/C15H20F3N3O/c1-10-4-5-13(19-7-10)20-8-11(2)21(12(3)9-20)14(22)6-15(16,17)18/h4-5,7,11-12H,6,8-9H2,1-3H3/t11-,12+. The van der Waals surface area contributed by atoms with Crippen LogP contribution in [-0.2, 0) is 4.79 Å². The second-order valence-electron chi connectivity index (χ2n) is 5.89. The number of carbonyl (C=O) groups excluding carboxylic acids is 1. The molecule has 4 nitrogen and oxygen atoms in total. The summed E-state index contributed by atoms with van der Waals surface area (Å²) in [7, 11) is 0. The normalized spacial score (nSPS) is 22.8. The molecule has 2 heterocycles. The zero-order chi connectivity index (χ0) is 16.5. The molecule has 0 radical (unpaired) electrons. The van der Waals surface area contributed by atoms with E-state index in [9.17, 15) is 18.0 Å². The highest BCUT2D eigenvalue weighted by atomic mass is 19.4. The Balaban J connectivity index is 2.08. The summed E-state index contributed by atoms with van der Waals surface area (Å²) in [6.45, 7) is 6.43. The summed E-state index contributed by atoms with van der Waals surface area (Å²) in [5, 5.41) is 0. The van der Waals surface area contributed by atoms with E-state index in [1.165, 1.54) is 4.90 Å². The van der Waals surface area contributed by atoms with E-state index in [4.69, 9.17) is 0 Å². The average Bonchev–Trinajstić information content (AvgIpc) is 2.36. The third kappa shape index (κ3) is 3.90. The molecule has 22 heavy (non-hydrogen) atoms. The van der Waals surface area contributed by atoms with Gasteiger partial charge in [-0.1, -0.05) is 6.07 Å². The first-order chi connectivity index (χ1) is 10.2. The lowest BCUT2D eigenvalue weighted by Crippen LogP contribution is -2.59. The Morgan fingerprint density at radius 3 is 2.32 bits per heavy atom. The number of pyridine rings is 1. The van der Waals surface area contributed by atoms with E-state index < -0.39 is 18.5 Å². The average molecular weight is 315 g/mol. The maximum absolute atomic E-state index is 12.4. The molecule has 1 saturated heterocycles. The molecule has 1 aromatic heterocycles. The van der Waals surface area contributed by atoms with Crippen molar-refractivity contribution in [1.82, 2.24) is 9.88 Å². The maximum Gasteiger partial charge on any atom is 0.397 e. The maximum atomic E-state index is 12.4. The van der Waals surface area contributed by atoms with Gasteiger partial charge in [-0.25, -0.2) is 4.98 Å². The molecule has 0 unspecified atom stereocenters. The van der Waals surface area contributed by atoms with E-state index in [2.05, 4.69) is 4.98 Å². The number of amides is 1. The van der Waals surface area contributed by atoms with Gasteiger partial charge in [0.25, 0.3) is 0 Å². The Kier molecular flexibility index (Phi) is 4.63. The van der Waals surface area contributed by atoms with Gasteiger partial charge in [-0.05, 0) is 32.4 Å². The molecule has 0 spiro atoms. The predicted molar refractivity (Wildman–Crippen MR) is 77.6 cm³/mol. The molecule has 0 aromatic carbocycles. The van der Waals surface area contributed by atoms with Crippen LogP contribution in [0.2, 0.25) is 0 Å². The van der Waals surface area contributed by atoms with Gasteiger partial charge in [-0.15, -0.1) is 0 Å². The molecule has 2 rings (SSSR count). The van der Waals surface area contributed by atoms with Crippen LogP contribution < -0.4 is 4.90 Å². The highest BCUT2D eigenvalue weighted by Gasteiger charge is 2.39. The molecular weight excluding hydrogens is 295 g/mol. The number of alkyl halides is 3. The molecule has 1 aliphatic rings. The number of piperazine rings is 1. The number of aryl methyl sites for hydroxylation is 1. The number of nitrogens with zero attached hydrogens (tertiary/aromatic N) is 3. The highest BCUT2D eigenvalue weighted by molar-refractivity contribution is 5.78. The molecule has 122 valence electrons. The number of hydrogen-bond donors (Lipinski definition) is 0. The smallest absolute Gasteiger partial charge is 0.353 e. The van der Waals surface area contributed by atoms with Crippen molar-refractivity contribution < 1.29 is 18.0 Å². The fourth-order valence-electron chi connectivity index (χ4n) is 2.91. The molecule has 2 atom stereocenters. The summed E-state index contributed by atoms with van der Waals surface area (Å²) in [5.74, 6) is -0.0729. The number of anilines is 1. The molecule has 1 aliphatic heterocycles. The third-order valence-corrected chi connectivity index (χ3v) is 3.78. The summed E-state index contributed by atoms with van der Waals surface area (Å²) in [5.41, 5.74) is 1.05. The van der Waals surface area contributed by atoms with Gasteiger partial charge in [0, 0.05) is 31.4 Å². The minimum Gasteiger partial charge on any atom is -0.353 e. The lowest BCUT2D eigenvalue weighted by atomic mass is 10.1. The van der Waals surface area contributed by atoms with Gasteiger partial charge in [0.15, 0.2) is 0 Å². The van der Waals surface area contributed by atoms with Crippen molar-refractivity contribution in [2.45, 2.75) is 45.5 Å². The van der Waals surface area contributed by atoms with Gasteiger partial charge < -0.3 is 9.80 Å². The molecular formula is C15H20F3N3O. The van der Waals surface area contributed by atoms with Crippen LogP contribution in [0.5, 0.6) is 0 Å². The summed E-state index contributed by atoms with van der Waals surface area (Å²) in [4.78, 5) is 19.6. The predicted octanol–water partition coefficient (Wildman–Crippen LogP) is 2.77. The molecule has 0 N–H and O–H groups in total. The number of hydrogen-bond acceptors (Lipinski definition) is 3. The minimum atomic E-state index is -4.47. The van der Waals surface area contributed by atoms with Crippen molar-refractivity contribution >= 4 is 11.7 Å². The number of carbonyl (C=O) groups is 1. The summed E-state index contributed by atoms with van der Waals surface area (Å²) in [6.07, 6.45) is -4.11. The molecule has 0 bridgehead atoms.